The number of benzene rings is 1. The Morgan fingerprint density at radius 1 is 1.16 bits per heavy atom. The summed E-state index contributed by atoms with van der Waals surface area (Å²) in [5.41, 5.74) is 3.69. The number of para-hydroxylation sites is 1. The summed E-state index contributed by atoms with van der Waals surface area (Å²) in [6, 6.07) is 11.5. The summed E-state index contributed by atoms with van der Waals surface area (Å²) in [6.07, 6.45) is 1.68. The molecule has 2 amide bonds. The average Bonchev–Trinajstić information content (AvgIpc) is 2.56. The maximum atomic E-state index is 12.5. The van der Waals surface area contributed by atoms with E-state index in [1.54, 1.807) is 6.20 Å². The second-order valence-electron chi connectivity index (χ2n) is 6.44. The molecule has 0 aliphatic carbocycles. The van der Waals surface area contributed by atoms with Crippen LogP contribution in [-0.2, 0) is 16.1 Å². The van der Waals surface area contributed by atoms with E-state index in [0.717, 1.165) is 22.5 Å². The molecule has 0 saturated heterocycles. The van der Waals surface area contributed by atoms with Crippen molar-refractivity contribution >= 4 is 17.5 Å². The second kappa shape index (κ2) is 8.42. The molecule has 1 N–H and O–H groups in total. The van der Waals surface area contributed by atoms with Crippen LogP contribution in [0.15, 0.2) is 42.6 Å². The largest absolute Gasteiger partial charge is 0.328 e. The van der Waals surface area contributed by atoms with E-state index in [-0.39, 0.29) is 18.4 Å². The maximum absolute atomic E-state index is 12.5. The first-order chi connectivity index (χ1) is 11.9. The van der Waals surface area contributed by atoms with Crippen LogP contribution in [0.4, 0.5) is 5.69 Å². The molecule has 0 aliphatic heterocycles. The van der Waals surface area contributed by atoms with Gasteiger partial charge in [0, 0.05) is 18.8 Å². The third-order valence-corrected chi connectivity index (χ3v) is 4.05. The van der Waals surface area contributed by atoms with Gasteiger partial charge >= 0.3 is 0 Å². The van der Waals surface area contributed by atoms with E-state index in [1.807, 2.05) is 43.3 Å². The number of aromatic nitrogens is 1. The summed E-state index contributed by atoms with van der Waals surface area (Å²) in [5.74, 6) is -0.0652. The lowest BCUT2D eigenvalue weighted by molar-refractivity contribution is -0.133. The number of hydrogen-bond donors (Lipinski definition) is 1. The van der Waals surface area contributed by atoms with Gasteiger partial charge in [-0.2, -0.15) is 0 Å². The molecule has 0 saturated carbocycles. The lowest BCUT2D eigenvalue weighted by Gasteiger charge is -2.22. The number of amides is 2. The molecule has 0 atom stereocenters. The molecule has 132 valence electrons. The van der Waals surface area contributed by atoms with Crippen molar-refractivity contribution in [2.75, 3.05) is 11.9 Å². The first-order valence-electron chi connectivity index (χ1n) is 8.43. The van der Waals surface area contributed by atoms with Gasteiger partial charge in [0.2, 0.25) is 11.8 Å². The van der Waals surface area contributed by atoms with Crippen molar-refractivity contribution in [2.24, 2.45) is 0 Å². The van der Waals surface area contributed by atoms with Gasteiger partial charge in [0.15, 0.2) is 0 Å². The number of anilines is 1. The Morgan fingerprint density at radius 2 is 1.92 bits per heavy atom. The van der Waals surface area contributed by atoms with Gasteiger partial charge in [-0.05, 0) is 36.1 Å². The summed E-state index contributed by atoms with van der Waals surface area (Å²) in [7, 11) is 0. The minimum absolute atomic E-state index is 0.00221. The lowest BCUT2D eigenvalue weighted by atomic mass is 9.98. The minimum Gasteiger partial charge on any atom is -0.328 e. The van der Waals surface area contributed by atoms with E-state index in [9.17, 15) is 9.59 Å². The van der Waals surface area contributed by atoms with Crippen molar-refractivity contribution in [3.63, 3.8) is 0 Å². The quantitative estimate of drug-likeness (QED) is 0.876. The second-order valence-corrected chi connectivity index (χ2v) is 6.44. The van der Waals surface area contributed by atoms with E-state index in [0.29, 0.717) is 12.5 Å². The highest BCUT2D eigenvalue weighted by Crippen LogP contribution is 2.27. The third kappa shape index (κ3) is 5.14. The van der Waals surface area contributed by atoms with E-state index < -0.39 is 0 Å². The van der Waals surface area contributed by atoms with Crippen LogP contribution in [0.2, 0.25) is 0 Å². The van der Waals surface area contributed by atoms with Crippen molar-refractivity contribution in [3.8, 4) is 0 Å². The molecule has 5 nitrogen and oxygen atoms in total. The number of aryl methyl sites for hydroxylation is 1. The summed E-state index contributed by atoms with van der Waals surface area (Å²) < 4.78 is 0. The van der Waals surface area contributed by atoms with Gasteiger partial charge in [0.25, 0.3) is 0 Å². The van der Waals surface area contributed by atoms with E-state index in [1.165, 1.54) is 11.8 Å². The number of nitrogens with one attached hydrogen (secondary N) is 1. The molecule has 0 aliphatic rings. The van der Waals surface area contributed by atoms with Gasteiger partial charge in [0.1, 0.15) is 6.54 Å². The van der Waals surface area contributed by atoms with E-state index >= 15 is 0 Å². The topological polar surface area (TPSA) is 62.3 Å². The molecule has 1 aromatic heterocycles. The number of rotatable bonds is 6. The average molecular weight is 339 g/mol. The molecular formula is C20H25N3O2. The highest BCUT2D eigenvalue weighted by Gasteiger charge is 2.17. The highest BCUT2D eigenvalue weighted by molar-refractivity contribution is 5.95. The predicted octanol–water partition coefficient (Wildman–Crippen LogP) is 3.50. The van der Waals surface area contributed by atoms with Crippen molar-refractivity contribution in [1.29, 1.82) is 0 Å². The van der Waals surface area contributed by atoms with Crippen molar-refractivity contribution in [2.45, 2.75) is 40.2 Å². The lowest BCUT2D eigenvalue weighted by Crippen LogP contribution is -2.36. The number of pyridine rings is 1. The standard InChI is InChI=1S/C20H25N3O2/c1-14(2)18-10-7-8-15(3)20(18)22-19(25)13-23(16(4)24)12-17-9-5-6-11-21-17/h5-11,14H,12-13H2,1-4H3,(H,22,25). The van der Waals surface area contributed by atoms with E-state index in [2.05, 4.69) is 24.1 Å². The van der Waals surface area contributed by atoms with Gasteiger partial charge in [0.05, 0.1) is 12.2 Å². The molecule has 5 heteroatoms. The Labute approximate surface area is 149 Å². The Morgan fingerprint density at radius 3 is 2.52 bits per heavy atom. The first kappa shape index (κ1) is 18.6. The monoisotopic (exact) mass is 339 g/mol. The normalized spacial score (nSPS) is 10.6. The molecule has 0 spiro atoms. The smallest absolute Gasteiger partial charge is 0.244 e. The predicted molar refractivity (Wildman–Crippen MR) is 99.2 cm³/mol. The zero-order valence-corrected chi connectivity index (χ0v) is 15.2. The Hall–Kier alpha value is -2.69. The Balaban J connectivity index is 2.11. The fraction of sp³-hybridized carbons (Fsp3) is 0.350. The van der Waals surface area contributed by atoms with Gasteiger partial charge in [-0.3, -0.25) is 14.6 Å². The number of nitrogens with zero attached hydrogens (tertiary/aromatic N) is 2. The number of carbonyl (C=O) groups is 2. The van der Waals surface area contributed by atoms with Gasteiger partial charge in [-0.25, -0.2) is 0 Å². The summed E-state index contributed by atoms with van der Waals surface area (Å²) in [5, 5.41) is 2.98. The summed E-state index contributed by atoms with van der Waals surface area (Å²) in [4.78, 5) is 30.1. The zero-order chi connectivity index (χ0) is 18.4. The van der Waals surface area contributed by atoms with Crippen LogP contribution in [0.3, 0.4) is 0 Å². The number of carbonyl (C=O) groups excluding carboxylic acids is 2. The molecule has 1 heterocycles. The molecule has 1 aromatic carbocycles. The molecule has 0 fully saturated rings. The van der Waals surface area contributed by atoms with E-state index in [4.69, 9.17) is 0 Å². The van der Waals surface area contributed by atoms with Gasteiger partial charge < -0.3 is 10.2 Å². The fourth-order valence-corrected chi connectivity index (χ4v) is 2.66. The zero-order valence-electron chi connectivity index (χ0n) is 15.2. The van der Waals surface area contributed by atoms with Crippen LogP contribution in [0.5, 0.6) is 0 Å². The number of hydrogen-bond acceptors (Lipinski definition) is 3. The fourth-order valence-electron chi connectivity index (χ4n) is 2.66. The Bertz CT molecular complexity index is 742. The molecule has 0 radical (unpaired) electrons. The van der Waals surface area contributed by atoms with Crippen LogP contribution in [0.1, 0.15) is 43.5 Å². The first-order valence-corrected chi connectivity index (χ1v) is 8.43. The summed E-state index contributed by atoms with van der Waals surface area (Å²) >= 11 is 0. The molecule has 2 rings (SSSR count). The molecule has 0 bridgehead atoms. The van der Waals surface area contributed by atoms with Gasteiger partial charge in [-0.1, -0.05) is 38.1 Å². The molecular weight excluding hydrogens is 314 g/mol. The van der Waals surface area contributed by atoms with Gasteiger partial charge in [-0.15, -0.1) is 0 Å². The SMILES string of the molecule is CC(=O)N(CC(=O)Nc1c(C)cccc1C(C)C)Cc1ccccn1. The van der Waals surface area contributed by atoms with Crippen LogP contribution >= 0.6 is 0 Å². The Kier molecular flexibility index (Phi) is 6.28. The summed E-state index contributed by atoms with van der Waals surface area (Å²) in [6.45, 7) is 7.93. The van der Waals surface area contributed by atoms with Crippen molar-refractivity contribution < 1.29 is 9.59 Å². The van der Waals surface area contributed by atoms with Crippen LogP contribution in [0, 0.1) is 6.92 Å². The maximum Gasteiger partial charge on any atom is 0.244 e. The van der Waals surface area contributed by atoms with Crippen LogP contribution in [0.25, 0.3) is 0 Å². The third-order valence-electron chi connectivity index (χ3n) is 4.05. The molecule has 0 unspecified atom stereocenters. The molecule has 2 aromatic rings. The minimum atomic E-state index is -0.206. The highest BCUT2D eigenvalue weighted by atomic mass is 16.2. The van der Waals surface area contributed by atoms with Crippen molar-refractivity contribution in [3.05, 3.63) is 59.4 Å². The van der Waals surface area contributed by atoms with Crippen LogP contribution in [-0.4, -0.2) is 28.2 Å². The van der Waals surface area contributed by atoms with Crippen molar-refractivity contribution in [1.82, 2.24) is 9.88 Å². The van der Waals surface area contributed by atoms with Crippen LogP contribution < -0.4 is 5.32 Å². The molecule has 25 heavy (non-hydrogen) atoms.